The third kappa shape index (κ3) is 2.18. The molecule has 0 radical (unpaired) electrons. The summed E-state index contributed by atoms with van der Waals surface area (Å²) < 4.78 is 1.61. The summed E-state index contributed by atoms with van der Waals surface area (Å²) in [6.07, 6.45) is 5.33. The fourth-order valence-corrected chi connectivity index (χ4v) is 4.68. The fraction of sp³-hybridized carbons (Fsp3) is 0.400. The van der Waals surface area contributed by atoms with Gasteiger partial charge in [0.05, 0.1) is 5.56 Å². The SMILES string of the molecule is Cn1nnc2c(C(=O)N3CC(c4ccccc4)C4(CCC4)C3)ccnc21. The number of benzene rings is 1. The van der Waals surface area contributed by atoms with Crippen molar-refractivity contribution in [3.63, 3.8) is 0 Å². The second-order valence-electron chi connectivity index (χ2n) is 7.61. The summed E-state index contributed by atoms with van der Waals surface area (Å²) in [5.74, 6) is 0.461. The Labute approximate surface area is 151 Å². The number of carbonyl (C=O) groups is 1. The van der Waals surface area contributed by atoms with Gasteiger partial charge < -0.3 is 4.90 Å². The molecule has 1 spiro atoms. The first-order chi connectivity index (χ1) is 12.7. The van der Waals surface area contributed by atoms with E-state index in [1.54, 1.807) is 24.0 Å². The van der Waals surface area contributed by atoms with Crippen LogP contribution >= 0.6 is 0 Å². The third-order valence-electron chi connectivity index (χ3n) is 6.21. The lowest BCUT2D eigenvalue weighted by molar-refractivity contribution is 0.0727. The van der Waals surface area contributed by atoms with E-state index in [2.05, 4.69) is 45.6 Å². The molecule has 0 N–H and O–H groups in total. The lowest BCUT2D eigenvalue weighted by Crippen LogP contribution is -2.37. The predicted molar refractivity (Wildman–Crippen MR) is 97.7 cm³/mol. The highest BCUT2D eigenvalue weighted by atomic mass is 16.2. The quantitative estimate of drug-likeness (QED) is 0.715. The molecule has 2 fully saturated rings. The van der Waals surface area contributed by atoms with Gasteiger partial charge >= 0.3 is 0 Å². The zero-order valence-corrected chi connectivity index (χ0v) is 14.8. The molecule has 1 unspecified atom stereocenters. The molecule has 2 aliphatic rings. The number of amides is 1. The average molecular weight is 347 g/mol. The van der Waals surface area contributed by atoms with Crippen LogP contribution in [0.4, 0.5) is 0 Å². The topological polar surface area (TPSA) is 63.9 Å². The van der Waals surface area contributed by atoms with Crippen LogP contribution in [0.3, 0.4) is 0 Å². The molecule has 3 heterocycles. The van der Waals surface area contributed by atoms with Crippen molar-refractivity contribution in [2.75, 3.05) is 13.1 Å². The van der Waals surface area contributed by atoms with E-state index >= 15 is 0 Å². The lowest BCUT2D eigenvalue weighted by atomic mass is 9.61. The fourth-order valence-electron chi connectivity index (χ4n) is 4.68. The van der Waals surface area contributed by atoms with Crippen LogP contribution in [0.25, 0.3) is 11.2 Å². The Balaban J connectivity index is 1.50. The smallest absolute Gasteiger partial charge is 0.256 e. The molecule has 1 aliphatic heterocycles. The van der Waals surface area contributed by atoms with Gasteiger partial charge in [0.1, 0.15) is 5.52 Å². The van der Waals surface area contributed by atoms with Crippen LogP contribution in [0.15, 0.2) is 42.6 Å². The van der Waals surface area contributed by atoms with Gasteiger partial charge in [0.2, 0.25) is 0 Å². The van der Waals surface area contributed by atoms with E-state index in [1.807, 2.05) is 4.90 Å². The second-order valence-corrected chi connectivity index (χ2v) is 7.61. The molecule has 2 aromatic heterocycles. The van der Waals surface area contributed by atoms with Crippen molar-refractivity contribution in [2.24, 2.45) is 12.5 Å². The van der Waals surface area contributed by atoms with Crippen LogP contribution in [0.1, 0.15) is 41.1 Å². The van der Waals surface area contributed by atoms with Gasteiger partial charge in [0.25, 0.3) is 5.91 Å². The highest BCUT2D eigenvalue weighted by molar-refractivity contribution is 6.04. The number of aryl methyl sites for hydroxylation is 1. The number of nitrogens with zero attached hydrogens (tertiary/aromatic N) is 5. The number of carbonyl (C=O) groups excluding carboxylic acids is 1. The second kappa shape index (κ2) is 5.62. The van der Waals surface area contributed by atoms with Crippen molar-refractivity contribution in [1.82, 2.24) is 24.9 Å². The molecule has 3 aromatic rings. The van der Waals surface area contributed by atoms with E-state index in [0.717, 1.165) is 13.1 Å². The van der Waals surface area contributed by atoms with Gasteiger partial charge in [-0.1, -0.05) is 42.0 Å². The normalized spacial score (nSPS) is 21.3. The Morgan fingerprint density at radius 2 is 2.00 bits per heavy atom. The monoisotopic (exact) mass is 347 g/mol. The van der Waals surface area contributed by atoms with Crippen molar-refractivity contribution in [3.05, 3.63) is 53.7 Å². The summed E-state index contributed by atoms with van der Waals surface area (Å²) >= 11 is 0. The Morgan fingerprint density at radius 3 is 2.73 bits per heavy atom. The number of pyridine rings is 1. The molecule has 6 heteroatoms. The predicted octanol–water partition coefficient (Wildman–Crippen LogP) is 2.77. The van der Waals surface area contributed by atoms with Crippen LogP contribution in [-0.4, -0.2) is 43.9 Å². The van der Waals surface area contributed by atoms with Gasteiger partial charge in [-0.2, -0.15) is 0 Å². The molecular formula is C20H21N5O. The van der Waals surface area contributed by atoms with Gasteiger partial charge in [-0.25, -0.2) is 9.67 Å². The van der Waals surface area contributed by atoms with Crippen molar-refractivity contribution in [2.45, 2.75) is 25.2 Å². The molecule has 1 saturated carbocycles. The highest BCUT2D eigenvalue weighted by Crippen LogP contribution is 2.55. The molecule has 0 bridgehead atoms. The van der Waals surface area contributed by atoms with Gasteiger partial charge in [0, 0.05) is 32.3 Å². The molecule has 26 heavy (non-hydrogen) atoms. The molecule has 1 amide bonds. The van der Waals surface area contributed by atoms with Gasteiger partial charge in [0.15, 0.2) is 5.65 Å². The molecule has 132 valence electrons. The van der Waals surface area contributed by atoms with E-state index < -0.39 is 0 Å². The first kappa shape index (κ1) is 15.5. The Morgan fingerprint density at radius 1 is 1.19 bits per heavy atom. The highest BCUT2D eigenvalue weighted by Gasteiger charge is 2.52. The van der Waals surface area contributed by atoms with Crippen molar-refractivity contribution >= 4 is 17.1 Å². The molecule has 1 aliphatic carbocycles. The molecule has 1 atom stereocenters. The molecular weight excluding hydrogens is 326 g/mol. The number of rotatable bonds is 2. The van der Waals surface area contributed by atoms with Crippen molar-refractivity contribution in [1.29, 1.82) is 0 Å². The Hall–Kier alpha value is -2.76. The number of likely N-dealkylation sites (tertiary alicyclic amines) is 1. The van der Waals surface area contributed by atoms with Crippen molar-refractivity contribution < 1.29 is 4.79 Å². The molecule has 5 rings (SSSR count). The summed E-state index contributed by atoms with van der Waals surface area (Å²) in [5, 5.41) is 8.18. The van der Waals surface area contributed by atoms with Gasteiger partial charge in [-0.3, -0.25) is 4.79 Å². The summed E-state index contributed by atoms with van der Waals surface area (Å²) in [6, 6.07) is 12.4. The first-order valence-electron chi connectivity index (χ1n) is 9.17. The van der Waals surface area contributed by atoms with Gasteiger partial charge in [-0.15, -0.1) is 5.10 Å². The average Bonchev–Trinajstić information content (AvgIpc) is 3.23. The van der Waals surface area contributed by atoms with Crippen LogP contribution in [-0.2, 0) is 7.05 Å². The molecule has 1 aromatic carbocycles. The Kier molecular flexibility index (Phi) is 3.35. The summed E-state index contributed by atoms with van der Waals surface area (Å²) in [6.45, 7) is 1.60. The largest absolute Gasteiger partial charge is 0.337 e. The minimum atomic E-state index is 0.0441. The maximum Gasteiger partial charge on any atom is 0.256 e. The first-order valence-corrected chi connectivity index (χ1v) is 9.17. The van der Waals surface area contributed by atoms with E-state index in [9.17, 15) is 4.79 Å². The zero-order chi connectivity index (χ0) is 17.7. The van der Waals surface area contributed by atoms with E-state index in [1.165, 1.54) is 24.8 Å². The third-order valence-corrected chi connectivity index (χ3v) is 6.21. The van der Waals surface area contributed by atoms with E-state index in [4.69, 9.17) is 0 Å². The maximum absolute atomic E-state index is 13.3. The van der Waals surface area contributed by atoms with Crippen LogP contribution in [0.2, 0.25) is 0 Å². The summed E-state index contributed by atoms with van der Waals surface area (Å²) in [7, 11) is 1.79. The van der Waals surface area contributed by atoms with E-state index in [-0.39, 0.29) is 11.3 Å². The number of fused-ring (bicyclic) bond motifs is 1. The maximum atomic E-state index is 13.3. The molecule has 6 nitrogen and oxygen atoms in total. The lowest BCUT2D eigenvalue weighted by Gasteiger charge is -2.43. The summed E-state index contributed by atoms with van der Waals surface area (Å²) in [5.41, 5.74) is 3.43. The minimum absolute atomic E-state index is 0.0441. The van der Waals surface area contributed by atoms with E-state index in [0.29, 0.717) is 22.6 Å². The van der Waals surface area contributed by atoms with Gasteiger partial charge in [-0.05, 0) is 29.9 Å². The van der Waals surface area contributed by atoms with Crippen LogP contribution in [0.5, 0.6) is 0 Å². The standard InChI is InChI=1S/C20H21N5O/c1-24-18-17(22-23-24)15(8-11-21-18)19(26)25-12-16(14-6-3-2-4-7-14)20(13-25)9-5-10-20/h2-4,6-8,11,16H,5,9-10,12-13H2,1H3. The number of aromatic nitrogens is 4. The van der Waals surface area contributed by atoms with Crippen LogP contribution < -0.4 is 0 Å². The number of hydrogen-bond donors (Lipinski definition) is 0. The van der Waals surface area contributed by atoms with Crippen LogP contribution in [0, 0.1) is 5.41 Å². The summed E-state index contributed by atoms with van der Waals surface area (Å²) in [4.78, 5) is 19.6. The molecule has 1 saturated heterocycles. The number of hydrogen-bond acceptors (Lipinski definition) is 4. The Bertz CT molecular complexity index is 976. The zero-order valence-electron chi connectivity index (χ0n) is 14.8. The minimum Gasteiger partial charge on any atom is -0.337 e. The van der Waals surface area contributed by atoms with Crippen molar-refractivity contribution in [3.8, 4) is 0 Å².